The fourth-order valence-electron chi connectivity index (χ4n) is 3.12. The van der Waals surface area contributed by atoms with Gasteiger partial charge in [0.1, 0.15) is 0 Å². The number of halogens is 3. The summed E-state index contributed by atoms with van der Waals surface area (Å²) in [5, 5.41) is 11.6. The highest BCUT2D eigenvalue weighted by Crippen LogP contribution is 2.40. The molecule has 0 bridgehead atoms. The summed E-state index contributed by atoms with van der Waals surface area (Å²) in [6, 6.07) is 6.62. The predicted octanol–water partition coefficient (Wildman–Crippen LogP) is 4.01. The zero-order chi connectivity index (χ0) is 17.7. The van der Waals surface area contributed by atoms with Gasteiger partial charge in [-0.1, -0.05) is 18.2 Å². The Morgan fingerprint density at radius 2 is 1.75 bits per heavy atom. The lowest BCUT2D eigenvalue weighted by Gasteiger charge is -2.29. The average Bonchev–Trinajstić information content (AvgIpc) is 2.48. The van der Waals surface area contributed by atoms with Crippen LogP contribution < -0.4 is 5.32 Å². The first-order chi connectivity index (χ1) is 11.3. The molecule has 132 valence electrons. The maximum atomic E-state index is 12.6. The molecule has 0 aliphatic heterocycles. The minimum atomic E-state index is -4.15. The number of anilines is 1. The minimum Gasteiger partial charge on any atom is -0.481 e. The normalized spacial score (nSPS) is 21.3. The topological polar surface area (TPSA) is 66.4 Å². The fraction of sp³-hybridized carbons (Fsp3) is 0.529. The van der Waals surface area contributed by atoms with Gasteiger partial charge in [-0.05, 0) is 43.2 Å². The van der Waals surface area contributed by atoms with Crippen LogP contribution in [0.1, 0.15) is 37.7 Å². The van der Waals surface area contributed by atoms with E-state index in [1.54, 1.807) is 24.3 Å². The molecule has 1 aromatic carbocycles. The molecule has 0 heterocycles. The zero-order valence-electron chi connectivity index (χ0n) is 13.1. The molecule has 24 heavy (non-hydrogen) atoms. The number of rotatable bonds is 5. The van der Waals surface area contributed by atoms with Crippen LogP contribution in [-0.4, -0.2) is 23.2 Å². The Hall–Kier alpha value is -2.05. The quantitative estimate of drug-likeness (QED) is 0.849. The fourth-order valence-corrected chi connectivity index (χ4v) is 3.12. The molecule has 0 unspecified atom stereocenters. The predicted molar refractivity (Wildman–Crippen MR) is 82.5 cm³/mol. The van der Waals surface area contributed by atoms with E-state index >= 15 is 0 Å². The SMILES string of the molecule is O=C(O)Cc1ccccc1NC(=O)CC1CCC(C(F)(F)F)CC1. The number of amides is 1. The van der Waals surface area contributed by atoms with Gasteiger partial charge >= 0.3 is 12.1 Å². The highest BCUT2D eigenvalue weighted by Gasteiger charge is 2.41. The van der Waals surface area contributed by atoms with E-state index in [2.05, 4.69) is 5.32 Å². The summed E-state index contributed by atoms with van der Waals surface area (Å²) in [5.41, 5.74) is 0.938. The molecular weight excluding hydrogens is 323 g/mol. The van der Waals surface area contributed by atoms with Crippen molar-refractivity contribution in [3.05, 3.63) is 29.8 Å². The van der Waals surface area contributed by atoms with Crippen LogP contribution in [0, 0.1) is 11.8 Å². The van der Waals surface area contributed by atoms with Crippen molar-refractivity contribution in [2.45, 2.75) is 44.7 Å². The largest absolute Gasteiger partial charge is 0.481 e. The van der Waals surface area contributed by atoms with Gasteiger partial charge in [-0.2, -0.15) is 13.2 Å². The first-order valence-electron chi connectivity index (χ1n) is 7.92. The lowest BCUT2D eigenvalue weighted by atomic mass is 9.80. The van der Waals surface area contributed by atoms with Crippen LogP contribution in [0.5, 0.6) is 0 Å². The average molecular weight is 343 g/mol. The third-order valence-corrected chi connectivity index (χ3v) is 4.42. The van der Waals surface area contributed by atoms with Gasteiger partial charge in [0.25, 0.3) is 0 Å². The number of carbonyl (C=O) groups is 2. The van der Waals surface area contributed by atoms with Crippen molar-refractivity contribution in [1.82, 2.24) is 0 Å². The summed E-state index contributed by atoms with van der Waals surface area (Å²) in [6.07, 6.45) is -3.29. The van der Waals surface area contributed by atoms with E-state index in [9.17, 15) is 22.8 Å². The van der Waals surface area contributed by atoms with Gasteiger partial charge in [0.2, 0.25) is 5.91 Å². The number of nitrogens with one attached hydrogen (secondary N) is 1. The van der Waals surface area contributed by atoms with Crippen molar-refractivity contribution in [1.29, 1.82) is 0 Å². The Morgan fingerprint density at radius 3 is 2.33 bits per heavy atom. The summed E-state index contributed by atoms with van der Waals surface area (Å²) in [4.78, 5) is 22.9. The van der Waals surface area contributed by atoms with Crippen LogP contribution in [0.2, 0.25) is 0 Å². The molecule has 0 atom stereocenters. The van der Waals surface area contributed by atoms with E-state index in [1.807, 2.05) is 0 Å². The van der Waals surface area contributed by atoms with E-state index in [0.29, 0.717) is 24.1 Å². The van der Waals surface area contributed by atoms with Gasteiger partial charge in [0.15, 0.2) is 0 Å². The molecule has 1 fully saturated rings. The number of benzene rings is 1. The molecule has 2 rings (SSSR count). The smallest absolute Gasteiger partial charge is 0.391 e. The minimum absolute atomic E-state index is 0.0600. The number of para-hydroxylation sites is 1. The Bertz CT molecular complexity index is 593. The zero-order valence-corrected chi connectivity index (χ0v) is 13.1. The second kappa shape index (κ2) is 7.68. The van der Waals surface area contributed by atoms with E-state index < -0.39 is 18.1 Å². The molecule has 1 aromatic rings. The number of carbonyl (C=O) groups excluding carboxylic acids is 1. The van der Waals surface area contributed by atoms with Gasteiger partial charge in [-0.3, -0.25) is 9.59 Å². The van der Waals surface area contributed by atoms with Crippen molar-refractivity contribution in [3.63, 3.8) is 0 Å². The molecule has 1 aliphatic rings. The van der Waals surface area contributed by atoms with Crippen molar-refractivity contribution >= 4 is 17.6 Å². The van der Waals surface area contributed by atoms with Crippen molar-refractivity contribution in [2.24, 2.45) is 11.8 Å². The third kappa shape index (κ3) is 5.25. The van der Waals surface area contributed by atoms with Gasteiger partial charge in [0.05, 0.1) is 12.3 Å². The van der Waals surface area contributed by atoms with Crippen LogP contribution in [-0.2, 0) is 16.0 Å². The van der Waals surface area contributed by atoms with Crippen LogP contribution >= 0.6 is 0 Å². The molecule has 0 saturated heterocycles. The number of hydrogen-bond acceptors (Lipinski definition) is 2. The maximum Gasteiger partial charge on any atom is 0.391 e. The standard InChI is InChI=1S/C17H20F3NO3/c18-17(19,20)13-7-5-11(6-8-13)9-15(22)21-14-4-2-1-3-12(14)10-16(23)24/h1-4,11,13H,5-10H2,(H,21,22)(H,23,24). The summed E-state index contributed by atoms with van der Waals surface area (Å²) < 4.78 is 37.9. The maximum absolute atomic E-state index is 12.6. The number of hydrogen-bond donors (Lipinski definition) is 2. The van der Waals surface area contributed by atoms with Crippen LogP contribution in [0.25, 0.3) is 0 Å². The summed E-state index contributed by atoms with van der Waals surface area (Å²) in [6.45, 7) is 0. The Balaban J connectivity index is 1.88. The third-order valence-electron chi connectivity index (χ3n) is 4.42. The van der Waals surface area contributed by atoms with E-state index in [0.717, 1.165) is 0 Å². The van der Waals surface area contributed by atoms with Crippen LogP contribution in [0.15, 0.2) is 24.3 Å². The summed E-state index contributed by atoms with van der Waals surface area (Å²) in [7, 11) is 0. The molecule has 2 N–H and O–H groups in total. The first kappa shape index (κ1) is 18.3. The summed E-state index contributed by atoms with van der Waals surface area (Å²) in [5.74, 6) is -2.60. The summed E-state index contributed by atoms with van der Waals surface area (Å²) >= 11 is 0. The van der Waals surface area contributed by atoms with Crippen molar-refractivity contribution in [3.8, 4) is 0 Å². The lowest BCUT2D eigenvalue weighted by Crippen LogP contribution is -2.29. The van der Waals surface area contributed by atoms with Gasteiger partial charge in [0, 0.05) is 12.1 Å². The number of carboxylic acid groups (broad SMARTS) is 1. The lowest BCUT2D eigenvalue weighted by molar-refractivity contribution is -0.184. The van der Waals surface area contributed by atoms with E-state index in [-0.39, 0.29) is 37.5 Å². The van der Waals surface area contributed by atoms with Gasteiger partial charge in [-0.15, -0.1) is 0 Å². The van der Waals surface area contributed by atoms with Gasteiger partial charge < -0.3 is 10.4 Å². The number of carboxylic acids is 1. The second-order valence-electron chi connectivity index (χ2n) is 6.24. The van der Waals surface area contributed by atoms with E-state index in [4.69, 9.17) is 5.11 Å². The Kier molecular flexibility index (Phi) is 5.85. The Morgan fingerprint density at radius 1 is 1.12 bits per heavy atom. The van der Waals surface area contributed by atoms with Crippen molar-refractivity contribution in [2.75, 3.05) is 5.32 Å². The molecule has 0 radical (unpaired) electrons. The van der Waals surface area contributed by atoms with Crippen LogP contribution in [0.4, 0.5) is 18.9 Å². The van der Waals surface area contributed by atoms with Crippen molar-refractivity contribution < 1.29 is 27.9 Å². The highest BCUT2D eigenvalue weighted by molar-refractivity contribution is 5.92. The molecule has 7 heteroatoms. The monoisotopic (exact) mass is 343 g/mol. The Labute approximate surface area is 138 Å². The van der Waals surface area contributed by atoms with Crippen LogP contribution in [0.3, 0.4) is 0 Å². The molecular formula is C17H20F3NO3. The molecule has 1 aliphatic carbocycles. The highest BCUT2D eigenvalue weighted by atomic mass is 19.4. The molecule has 1 saturated carbocycles. The number of alkyl halides is 3. The molecule has 1 amide bonds. The van der Waals surface area contributed by atoms with Gasteiger partial charge in [-0.25, -0.2) is 0 Å². The second-order valence-corrected chi connectivity index (χ2v) is 6.24. The number of aliphatic carboxylic acids is 1. The molecule has 0 aromatic heterocycles. The first-order valence-corrected chi connectivity index (χ1v) is 7.92. The molecule has 0 spiro atoms. The van der Waals surface area contributed by atoms with E-state index in [1.165, 1.54) is 0 Å². The molecule has 4 nitrogen and oxygen atoms in total.